The number of carbonyl (C=O) groups is 1. The maximum Gasteiger partial charge on any atom is 0.220 e. The van der Waals surface area contributed by atoms with Crippen molar-refractivity contribution >= 4 is 5.91 Å². The van der Waals surface area contributed by atoms with Crippen LogP contribution in [-0.2, 0) is 4.79 Å². The topological polar surface area (TPSA) is 43.1 Å². The van der Waals surface area contributed by atoms with Crippen LogP contribution in [-0.4, -0.2) is 12.1 Å². The zero-order chi connectivity index (χ0) is 8.85. The highest BCUT2D eigenvalue weighted by Gasteiger charge is 2.16. The third-order valence-electron chi connectivity index (χ3n) is 1.65. The minimum atomic E-state index is -0.931. The van der Waals surface area contributed by atoms with Crippen molar-refractivity contribution in [3.05, 3.63) is 0 Å². The highest BCUT2D eigenvalue weighted by Crippen LogP contribution is 2.14. The fraction of sp³-hybridized carbons (Fsp3) is 0.875. The van der Waals surface area contributed by atoms with E-state index in [2.05, 4.69) is 0 Å². The van der Waals surface area contributed by atoms with E-state index in [0.29, 0.717) is 6.42 Å². The quantitative estimate of drug-likeness (QED) is 0.654. The van der Waals surface area contributed by atoms with Gasteiger partial charge in [-0.25, -0.2) is 4.39 Å². The third kappa shape index (κ3) is 4.76. The highest BCUT2D eigenvalue weighted by molar-refractivity contribution is 5.76. The second-order valence-corrected chi connectivity index (χ2v) is 2.90. The van der Waals surface area contributed by atoms with Gasteiger partial charge in [0.1, 0.15) is 0 Å². The first kappa shape index (κ1) is 10.4. The van der Waals surface area contributed by atoms with Crippen molar-refractivity contribution in [2.45, 2.75) is 39.3 Å². The molecule has 1 amide bonds. The summed E-state index contributed by atoms with van der Waals surface area (Å²) in [6, 6.07) is 0. The summed E-state index contributed by atoms with van der Waals surface area (Å²) in [5, 5.41) is 0. The summed E-state index contributed by atoms with van der Waals surface area (Å²) in [5.41, 5.74) is 5.07. The lowest BCUT2D eigenvalue weighted by molar-refractivity contribution is -0.122. The summed E-state index contributed by atoms with van der Waals surface area (Å²) in [6.07, 6.45) is 0.909. The van der Waals surface area contributed by atoms with E-state index in [1.54, 1.807) is 0 Å². The number of amides is 1. The van der Waals surface area contributed by atoms with Gasteiger partial charge < -0.3 is 5.73 Å². The van der Waals surface area contributed by atoms with Gasteiger partial charge in [-0.2, -0.15) is 0 Å². The molecule has 3 heteroatoms. The molecule has 0 aromatic heterocycles. The van der Waals surface area contributed by atoms with E-state index in [1.165, 1.54) is 6.92 Å². The molecule has 0 aliphatic rings. The fourth-order valence-corrected chi connectivity index (χ4v) is 1.12. The Balaban J connectivity index is 3.79. The molecule has 2 unspecified atom stereocenters. The maximum atomic E-state index is 12.4. The SMILES string of the molecule is CCCC(CC(C)F)C(N)=O. The van der Waals surface area contributed by atoms with Gasteiger partial charge in [-0.3, -0.25) is 4.79 Å². The summed E-state index contributed by atoms with van der Waals surface area (Å²) in [5.74, 6) is -0.656. The molecule has 0 saturated carbocycles. The van der Waals surface area contributed by atoms with Crippen LogP contribution < -0.4 is 5.73 Å². The van der Waals surface area contributed by atoms with Crippen LogP contribution in [0.15, 0.2) is 0 Å². The Hall–Kier alpha value is -0.600. The van der Waals surface area contributed by atoms with Crippen molar-refractivity contribution in [3.63, 3.8) is 0 Å². The molecule has 0 spiro atoms. The first-order valence-corrected chi connectivity index (χ1v) is 4.01. The smallest absolute Gasteiger partial charge is 0.220 e. The predicted molar refractivity (Wildman–Crippen MR) is 42.8 cm³/mol. The van der Waals surface area contributed by atoms with Crippen molar-refractivity contribution < 1.29 is 9.18 Å². The number of alkyl halides is 1. The molecule has 11 heavy (non-hydrogen) atoms. The maximum absolute atomic E-state index is 12.4. The number of rotatable bonds is 5. The highest BCUT2D eigenvalue weighted by atomic mass is 19.1. The molecule has 2 atom stereocenters. The summed E-state index contributed by atoms with van der Waals surface area (Å²) >= 11 is 0. The predicted octanol–water partition coefficient (Wildman–Crippen LogP) is 1.64. The second kappa shape index (κ2) is 5.10. The van der Waals surface area contributed by atoms with Crippen molar-refractivity contribution in [2.24, 2.45) is 11.7 Å². The van der Waals surface area contributed by atoms with Crippen molar-refractivity contribution in [3.8, 4) is 0 Å². The molecule has 0 fully saturated rings. The van der Waals surface area contributed by atoms with Gasteiger partial charge in [-0.05, 0) is 19.8 Å². The Morgan fingerprint density at radius 1 is 1.64 bits per heavy atom. The molecule has 66 valence electrons. The zero-order valence-corrected chi connectivity index (χ0v) is 7.14. The molecule has 2 N–H and O–H groups in total. The Morgan fingerprint density at radius 3 is 2.45 bits per heavy atom. The molecular formula is C8H16FNO. The van der Waals surface area contributed by atoms with Gasteiger partial charge in [-0.1, -0.05) is 13.3 Å². The average Bonchev–Trinajstić information content (AvgIpc) is 1.86. The second-order valence-electron chi connectivity index (χ2n) is 2.90. The van der Waals surface area contributed by atoms with E-state index < -0.39 is 6.17 Å². The minimum absolute atomic E-state index is 0.267. The molecule has 0 bridgehead atoms. The third-order valence-corrected chi connectivity index (χ3v) is 1.65. The van der Waals surface area contributed by atoms with Gasteiger partial charge in [0.2, 0.25) is 5.91 Å². The van der Waals surface area contributed by atoms with E-state index in [9.17, 15) is 9.18 Å². The average molecular weight is 161 g/mol. The van der Waals surface area contributed by atoms with Crippen LogP contribution in [0.2, 0.25) is 0 Å². The summed E-state index contributed by atoms with van der Waals surface area (Å²) < 4.78 is 12.4. The van der Waals surface area contributed by atoms with Gasteiger partial charge in [0.15, 0.2) is 0 Å². The standard InChI is InChI=1S/C8H16FNO/c1-3-4-7(8(10)11)5-6(2)9/h6-7H,3-5H2,1-2H3,(H2,10,11). The largest absolute Gasteiger partial charge is 0.369 e. The van der Waals surface area contributed by atoms with Gasteiger partial charge in [0, 0.05) is 5.92 Å². The normalized spacial score (nSPS) is 15.9. The Bertz CT molecular complexity index is 125. The zero-order valence-electron chi connectivity index (χ0n) is 7.14. The van der Waals surface area contributed by atoms with E-state index in [0.717, 1.165) is 6.42 Å². The van der Waals surface area contributed by atoms with Crippen molar-refractivity contribution in [2.75, 3.05) is 0 Å². The lowest BCUT2D eigenvalue weighted by Crippen LogP contribution is -2.25. The Morgan fingerprint density at radius 2 is 2.18 bits per heavy atom. The first-order chi connectivity index (χ1) is 5.07. The minimum Gasteiger partial charge on any atom is -0.369 e. The lowest BCUT2D eigenvalue weighted by Gasteiger charge is -2.11. The van der Waals surface area contributed by atoms with Crippen molar-refractivity contribution in [1.29, 1.82) is 0 Å². The number of carbonyl (C=O) groups excluding carboxylic acids is 1. The molecular weight excluding hydrogens is 145 g/mol. The van der Waals surface area contributed by atoms with Crippen LogP contribution in [0.5, 0.6) is 0 Å². The Kier molecular flexibility index (Phi) is 4.83. The first-order valence-electron chi connectivity index (χ1n) is 4.01. The summed E-state index contributed by atoms with van der Waals surface area (Å²) in [6.45, 7) is 3.41. The molecule has 0 aromatic carbocycles. The van der Waals surface area contributed by atoms with Crippen LogP contribution in [0.1, 0.15) is 33.1 Å². The lowest BCUT2D eigenvalue weighted by atomic mass is 9.97. The van der Waals surface area contributed by atoms with Crippen LogP contribution in [0, 0.1) is 5.92 Å². The number of halogens is 1. The van der Waals surface area contributed by atoms with E-state index >= 15 is 0 Å². The molecule has 0 heterocycles. The fourth-order valence-electron chi connectivity index (χ4n) is 1.12. The van der Waals surface area contributed by atoms with Crippen molar-refractivity contribution in [1.82, 2.24) is 0 Å². The Labute approximate surface area is 67.0 Å². The number of primary amides is 1. The molecule has 0 aromatic rings. The number of nitrogens with two attached hydrogens (primary N) is 1. The monoisotopic (exact) mass is 161 g/mol. The van der Waals surface area contributed by atoms with Crippen LogP contribution in [0.4, 0.5) is 4.39 Å². The molecule has 0 saturated heterocycles. The molecule has 0 aliphatic carbocycles. The van der Waals surface area contributed by atoms with E-state index in [1.807, 2.05) is 6.92 Å². The van der Waals surface area contributed by atoms with Gasteiger partial charge in [0.25, 0.3) is 0 Å². The van der Waals surface area contributed by atoms with Gasteiger partial charge in [0.05, 0.1) is 6.17 Å². The number of hydrogen-bond acceptors (Lipinski definition) is 1. The van der Waals surface area contributed by atoms with Gasteiger partial charge >= 0.3 is 0 Å². The summed E-state index contributed by atoms with van der Waals surface area (Å²) in [4.78, 5) is 10.7. The summed E-state index contributed by atoms with van der Waals surface area (Å²) in [7, 11) is 0. The number of hydrogen-bond donors (Lipinski definition) is 1. The molecule has 0 rings (SSSR count). The van der Waals surface area contributed by atoms with E-state index in [4.69, 9.17) is 5.73 Å². The van der Waals surface area contributed by atoms with E-state index in [-0.39, 0.29) is 18.2 Å². The molecule has 2 nitrogen and oxygen atoms in total. The van der Waals surface area contributed by atoms with Crippen LogP contribution >= 0.6 is 0 Å². The van der Waals surface area contributed by atoms with Gasteiger partial charge in [-0.15, -0.1) is 0 Å². The van der Waals surface area contributed by atoms with Crippen LogP contribution in [0.25, 0.3) is 0 Å². The van der Waals surface area contributed by atoms with Crippen LogP contribution in [0.3, 0.4) is 0 Å². The molecule has 0 aliphatic heterocycles. The molecule has 0 radical (unpaired) electrons.